The molecule has 0 aliphatic carbocycles. The first kappa shape index (κ1) is 12.6. The van der Waals surface area contributed by atoms with Crippen molar-refractivity contribution in [2.45, 2.75) is 12.8 Å². The normalized spacial score (nSPS) is 10.3. The molecule has 1 aromatic carbocycles. The van der Waals surface area contributed by atoms with Crippen LogP contribution < -0.4 is 5.73 Å². The Balaban J connectivity index is 2.29. The van der Waals surface area contributed by atoms with Gasteiger partial charge in [-0.25, -0.2) is 0 Å². The fourth-order valence-corrected chi connectivity index (χ4v) is 1.26. The Bertz CT molecular complexity index is 325. The highest BCUT2D eigenvalue weighted by molar-refractivity contribution is 5.32. The summed E-state index contributed by atoms with van der Waals surface area (Å²) in [5.74, 6) is 0. The van der Waals surface area contributed by atoms with E-state index in [4.69, 9.17) is 10.5 Å². The molecule has 16 heavy (non-hydrogen) atoms. The third-order valence-corrected chi connectivity index (χ3v) is 2.18. The van der Waals surface area contributed by atoms with Gasteiger partial charge in [0.05, 0.1) is 11.5 Å². The molecule has 0 spiro atoms. The van der Waals surface area contributed by atoms with E-state index in [9.17, 15) is 10.1 Å². The maximum Gasteiger partial charge on any atom is 0.269 e. The topological polar surface area (TPSA) is 78.4 Å². The van der Waals surface area contributed by atoms with Gasteiger partial charge in [0.15, 0.2) is 0 Å². The average molecular weight is 224 g/mol. The minimum Gasteiger partial charge on any atom is -0.381 e. The highest BCUT2D eigenvalue weighted by Crippen LogP contribution is 2.12. The molecule has 5 heteroatoms. The van der Waals surface area contributed by atoms with Crippen molar-refractivity contribution in [2.24, 2.45) is 5.73 Å². The molecule has 0 aliphatic heterocycles. The fourth-order valence-electron chi connectivity index (χ4n) is 1.26. The number of non-ortho nitro benzene ring substituents is 1. The molecule has 0 radical (unpaired) electrons. The molecule has 2 N–H and O–H groups in total. The Labute approximate surface area is 94.4 Å². The summed E-state index contributed by atoms with van der Waals surface area (Å²) >= 11 is 0. The summed E-state index contributed by atoms with van der Waals surface area (Å²) in [7, 11) is 0. The largest absolute Gasteiger partial charge is 0.381 e. The maximum atomic E-state index is 10.4. The summed E-state index contributed by atoms with van der Waals surface area (Å²) in [6.45, 7) is 1.93. The minimum atomic E-state index is -0.401. The van der Waals surface area contributed by atoms with E-state index < -0.39 is 4.92 Å². The van der Waals surface area contributed by atoms with Gasteiger partial charge in [0, 0.05) is 18.7 Å². The van der Waals surface area contributed by atoms with Gasteiger partial charge in [-0.1, -0.05) is 12.1 Å². The summed E-state index contributed by atoms with van der Waals surface area (Å²) in [5.41, 5.74) is 6.48. The molecule has 0 amide bonds. The van der Waals surface area contributed by atoms with E-state index in [1.54, 1.807) is 12.1 Å². The number of rotatable bonds is 7. The average Bonchev–Trinajstić information content (AvgIpc) is 2.29. The summed E-state index contributed by atoms with van der Waals surface area (Å²) in [6, 6.07) is 6.53. The number of hydrogen-bond acceptors (Lipinski definition) is 4. The zero-order chi connectivity index (χ0) is 11.8. The first-order valence-electron chi connectivity index (χ1n) is 5.25. The quantitative estimate of drug-likeness (QED) is 0.432. The lowest BCUT2D eigenvalue weighted by Gasteiger charge is -2.03. The Hall–Kier alpha value is -1.46. The van der Waals surface area contributed by atoms with E-state index in [0.29, 0.717) is 19.8 Å². The van der Waals surface area contributed by atoms with Crippen molar-refractivity contribution < 1.29 is 9.66 Å². The second-order valence-corrected chi connectivity index (χ2v) is 3.43. The predicted molar refractivity (Wildman–Crippen MR) is 61.3 cm³/mol. The van der Waals surface area contributed by atoms with Gasteiger partial charge in [-0.2, -0.15) is 0 Å². The Morgan fingerprint density at radius 1 is 1.25 bits per heavy atom. The number of hydrogen-bond donors (Lipinski definition) is 1. The van der Waals surface area contributed by atoms with Gasteiger partial charge in [0.25, 0.3) is 5.69 Å². The summed E-state index contributed by atoms with van der Waals surface area (Å²) in [5, 5.41) is 10.4. The molecule has 0 saturated carbocycles. The molecule has 0 fully saturated rings. The maximum absolute atomic E-state index is 10.4. The number of nitrogens with two attached hydrogens (primary N) is 1. The van der Waals surface area contributed by atoms with E-state index in [2.05, 4.69) is 0 Å². The predicted octanol–water partition coefficient (Wildman–Crippen LogP) is 1.50. The molecule has 88 valence electrons. The van der Waals surface area contributed by atoms with E-state index in [-0.39, 0.29) is 5.69 Å². The van der Waals surface area contributed by atoms with Gasteiger partial charge in [-0.15, -0.1) is 0 Å². The highest BCUT2D eigenvalue weighted by Gasteiger charge is 2.03. The van der Waals surface area contributed by atoms with Crippen LogP contribution in [0.3, 0.4) is 0 Å². The SMILES string of the molecule is NCCCOCCc1ccc([N+](=O)[O-])cc1. The van der Waals surface area contributed by atoms with Gasteiger partial charge in [0.2, 0.25) is 0 Å². The molecule has 0 aliphatic rings. The molecule has 5 nitrogen and oxygen atoms in total. The smallest absolute Gasteiger partial charge is 0.269 e. The van der Waals surface area contributed by atoms with Crippen molar-refractivity contribution in [3.05, 3.63) is 39.9 Å². The minimum absolute atomic E-state index is 0.118. The van der Waals surface area contributed by atoms with Gasteiger partial charge >= 0.3 is 0 Å². The number of nitro groups is 1. The number of nitro benzene ring substituents is 1. The second-order valence-electron chi connectivity index (χ2n) is 3.43. The lowest BCUT2D eigenvalue weighted by atomic mass is 10.1. The van der Waals surface area contributed by atoms with Crippen molar-refractivity contribution >= 4 is 5.69 Å². The molecule has 1 aromatic rings. The lowest BCUT2D eigenvalue weighted by molar-refractivity contribution is -0.384. The molecule has 0 aromatic heterocycles. The van der Waals surface area contributed by atoms with Crippen molar-refractivity contribution in [1.29, 1.82) is 0 Å². The Morgan fingerprint density at radius 2 is 1.94 bits per heavy atom. The van der Waals surface area contributed by atoms with Crippen LogP contribution in [0.2, 0.25) is 0 Å². The van der Waals surface area contributed by atoms with Gasteiger partial charge in [0.1, 0.15) is 0 Å². The molecular weight excluding hydrogens is 208 g/mol. The van der Waals surface area contributed by atoms with Crippen molar-refractivity contribution in [3.63, 3.8) is 0 Å². The fraction of sp³-hybridized carbons (Fsp3) is 0.455. The molecule has 1 rings (SSSR count). The molecule has 0 bridgehead atoms. The van der Waals surface area contributed by atoms with E-state index in [0.717, 1.165) is 18.4 Å². The standard InChI is InChI=1S/C11H16N2O3/c12-7-1-8-16-9-6-10-2-4-11(5-3-10)13(14)15/h2-5H,1,6-9,12H2. The second kappa shape index (κ2) is 6.92. The summed E-state index contributed by atoms with van der Waals surface area (Å²) in [6.07, 6.45) is 1.63. The monoisotopic (exact) mass is 224 g/mol. The van der Waals surface area contributed by atoms with E-state index >= 15 is 0 Å². The van der Waals surface area contributed by atoms with Gasteiger partial charge in [-0.05, 0) is 24.9 Å². The van der Waals surface area contributed by atoms with Crippen LogP contribution in [0.1, 0.15) is 12.0 Å². The van der Waals surface area contributed by atoms with Crippen LogP contribution in [0, 0.1) is 10.1 Å². The molecule has 0 unspecified atom stereocenters. The van der Waals surface area contributed by atoms with E-state index in [1.807, 2.05) is 0 Å². The van der Waals surface area contributed by atoms with Crippen LogP contribution in [0.15, 0.2) is 24.3 Å². The zero-order valence-corrected chi connectivity index (χ0v) is 9.09. The van der Waals surface area contributed by atoms with Crippen LogP contribution in [0.5, 0.6) is 0 Å². The van der Waals surface area contributed by atoms with Crippen molar-refractivity contribution in [1.82, 2.24) is 0 Å². The summed E-state index contributed by atoms with van der Waals surface area (Å²) < 4.78 is 5.34. The number of nitrogens with zero attached hydrogens (tertiary/aromatic N) is 1. The van der Waals surface area contributed by atoms with Gasteiger partial charge < -0.3 is 10.5 Å². The first-order valence-corrected chi connectivity index (χ1v) is 5.25. The number of ether oxygens (including phenoxy) is 1. The van der Waals surface area contributed by atoms with Crippen LogP contribution in [0.4, 0.5) is 5.69 Å². The zero-order valence-electron chi connectivity index (χ0n) is 9.09. The summed E-state index contributed by atoms with van der Waals surface area (Å²) in [4.78, 5) is 10.0. The van der Waals surface area contributed by atoms with Crippen LogP contribution in [-0.4, -0.2) is 24.7 Å². The molecule has 0 atom stereocenters. The highest BCUT2D eigenvalue weighted by atomic mass is 16.6. The van der Waals surface area contributed by atoms with Crippen LogP contribution in [-0.2, 0) is 11.2 Å². The lowest BCUT2D eigenvalue weighted by Crippen LogP contribution is -2.06. The Morgan fingerprint density at radius 3 is 2.50 bits per heavy atom. The molecular formula is C11H16N2O3. The number of benzene rings is 1. The van der Waals surface area contributed by atoms with Crippen molar-refractivity contribution in [2.75, 3.05) is 19.8 Å². The van der Waals surface area contributed by atoms with Crippen LogP contribution >= 0.6 is 0 Å². The third-order valence-electron chi connectivity index (χ3n) is 2.18. The third kappa shape index (κ3) is 4.37. The Kier molecular flexibility index (Phi) is 5.45. The van der Waals surface area contributed by atoms with E-state index in [1.165, 1.54) is 12.1 Å². The molecule has 0 heterocycles. The van der Waals surface area contributed by atoms with Crippen molar-refractivity contribution in [3.8, 4) is 0 Å². The van der Waals surface area contributed by atoms with Crippen LogP contribution in [0.25, 0.3) is 0 Å². The molecule has 0 saturated heterocycles. The van der Waals surface area contributed by atoms with Gasteiger partial charge in [-0.3, -0.25) is 10.1 Å². The first-order chi connectivity index (χ1) is 7.74.